The Kier molecular flexibility index (Phi) is 4.76. The van der Waals surface area contributed by atoms with Gasteiger partial charge in [0.15, 0.2) is 0 Å². The molecule has 1 heterocycles. The van der Waals surface area contributed by atoms with Crippen molar-refractivity contribution in [1.82, 2.24) is 10.3 Å². The first-order chi connectivity index (χ1) is 8.38. The molecule has 0 atom stereocenters. The van der Waals surface area contributed by atoms with Crippen LogP contribution < -0.4 is 16.4 Å². The number of ether oxygens (including phenoxy) is 1. The summed E-state index contributed by atoms with van der Waals surface area (Å²) in [6, 6.07) is 3.62. The summed E-state index contributed by atoms with van der Waals surface area (Å²) < 4.78 is 5.10. The second-order valence-electron chi connectivity index (χ2n) is 4.79. The first kappa shape index (κ1) is 14.1. The molecule has 0 bridgehead atoms. The molecule has 0 fully saturated rings. The van der Waals surface area contributed by atoms with Crippen molar-refractivity contribution in [2.24, 2.45) is 0 Å². The molecule has 6 heteroatoms. The molecule has 0 saturated heterocycles. The van der Waals surface area contributed by atoms with Gasteiger partial charge in [-0.1, -0.05) is 0 Å². The van der Waals surface area contributed by atoms with E-state index in [2.05, 4.69) is 15.6 Å². The van der Waals surface area contributed by atoms with E-state index in [0.717, 1.165) is 5.69 Å². The molecule has 1 amide bonds. The number of carbonyl (C=O) groups is 1. The Morgan fingerprint density at radius 2 is 2.17 bits per heavy atom. The highest BCUT2D eigenvalue weighted by Crippen LogP contribution is 2.12. The van der Waals surface area contributed by atoms with Crippen LogP contribution in [-0.4, -0.2) is 29.8 Å². The lowest BCUT2D eigenvalue weighted by Gasteiger charge is -2.19. The quantitative estimate of drug-likeness (QED) is 0.708. The third-order valence-corrected chi connectivity index (χ3v) is 1.95. The molecule has 1 aromatic rings. The molecule has 0 spiro atoms. The van der Waals surface area contributed by atoms with Gasteiger partial charge in [0.2, 0.25) is 0 Å². The molecule has 100 valence electrons. The number of nitrogens with one attached hydrogen (secondary N) is 2. The number of nitrogens with two attached hydrogens (primary N) is 1. The number of nitrogens with zero attached hydrogens (tertiary/aromatic N) is 1. The fraction of sp³-hybridized carbons (Fsp3) is 0.500. The summed E-state index contributed by atoms with van der Waals surface area (Å²) in [6.07, 6.45) is 1.20. The molecule has 0 radical (unpaired) electrons. The van der Waals surface area contributed by atoms with Crippen LogP contribution in [0.2, 0.25) is 0 Å². The molecular weight excluding hydrogens is 232 g/mol. The van der Waals surface area contributed by atoms with Crippen LogP contribution in [0.3, 0.4) is 0 Å². The summed E-state index contributed by atoms with van der Waals surface area (Å²) in [5.41, 5.74) is 5.93. The van der Waals surface area contributed by atoms with E-state index in [4.69, 9.17) is 10.5 Å². The number of rotatable bonds is 4. The maximum Gasteiger partial charge on any atom is 0.407 e. The third-order valence-electron chi connectivity index (χ3n) is 1.95. The lowest BCUT2D eigenvalue weighted by atomic mass is 10.2. The summed E-state index contributed by atoms with van der Waals surface area (Å²) in [6.45, 7) is 6.46. The van der Waals surface area contributed by atoms with Crippen LogP contribution in [0.1, 0.15) is 20.8 Å². The van der Waals surface area contributed by atoms with E-state index in [-0.39, 0.29) is 0 Å². The largest absolute Gasteiger partial charge is 0.444 e. The third kappa shape index (κ3) is 5.38. The van der Waals surface area contributed by atoms with E-state index in [9.17, 15) is 4.79 Å². The van der Waals surface area contributed by atoms with Crippen LogP contribution in [0.5, 0.6) is 0 Å². The number of anilines is 2. The summed E-state index contributed by atoms with van der Waals surface area (Å²) in [7, 11) is 0. The molecular formula is C12H20N4O2. The second kappa shape index (κ2) is 6.09. The van der Waals surface area contributed by atoms with Gasteiger partial charge in [0, 0.05) is 19.3 Å². The van der Waals surface area contributed by atoms with Crippen molar-refractivity contribution in [3.8, 4) is 0 Å². The zero-order valence-corrected chi connectivity index (χ0v) is 11.0. The molecule has 1 aromatic heterocycles. The van der Waals surface area contributed by atoms with E-state index in [0.29, 0.717) is 18.9 Å². The lowest BCUT2D eigenvalue weighted by Crippen LogP contribution is -2.35. The Hall–Kier alpha value is -1.98. The van der Waals surface area contributed by atoms with Crippen molar-refractivity contribution in [2.45, 2.75) is 26.4 Å². The highest BCUT2D eigenvalue weighted by atomic mass is 16.6. The fourth-order valence-corrected chi connectivity index (χ4v) is 1.24. The van der Waals surface area contributed by atoms with Crippen molar-refractivity contribution < 1.29 is 9.53 Å². The molecule has 0 aliphatic carbocycles. The summed E-state index contributed by atoms with van der Waals surface area (Å²) >= 11 is 0. The Balaban J connectivity index is 2.23. The highest BCUT2D eigenvalue weighted by molar-refractivity contribution is 5.67. The molecule has 18 heavy (non-hydrogen) atoms. The van der Waals surface area contributed by atoms with Gasteiger partial charge in [0.05, 0.1) is 5.69 Å². The van der Waals surface area contributed by atoms with Gasteiger partial charge in [-0.15, -0.1) is 0 Å². The maximum absolute atomic E-state index is 11.3. The SMILES string of the molecule is CC(C)(C)OC(=O)NCCNc1cccnc1N. The van der Waals surface area contributed by atoms with Gasteiger partial charge in [-0.3, -0.25) is 0 Å². The minimum absolute atomic E-state index is 0.427. The Morgan fingerprint density at radius 1 is 1.44 bits per heavy atom. The number of hydrogen-bond acceptors (Lipinski definition) is 5. The maximum atomic E-state index is 11.3. The zero-order chi connectivity index (χ0) is 13.6. The van der Waals surface area contributed by atoms with Crippen molar-refractivity contribution in [3.05, 3.63) is 18.3 Å². The van der Waals surface area contributed by atoms with E-state index < -0.39 is 11.7 Å². The summed E-state index contributed by atoms with van der Waals surface area (Å²) in [4.78, 5) is 15.3. The van der Waals surface area contributed by atoms with Crippen LogP contribution >= 0.6 is 0 Å². The van der Waals surface area contributed by atoms with Crippen molar-refractivity contribution in [3.63, 3.8) is 0 Å². The van der Waals surface area contributed by atoms with Gasteiger partial charge in [-0.05, 0) is 32.9 Å². The van der Waals surface area contributed by atoms with Gasteiger partial charge in [0.1, 0.15) is 11.4 Å². The number of alkyl carbamates (subject to hydrolysis) is 1. The van der Waals surface area contributed by atoms with Gasteiger partial charge in [-0.2, -0.15) is 0 Å². The van der Waals surface area contributed by atoms with Crippen molar-refractivity contribution in [1.29, 1.82) is 0 Å². The van der Waals surface area contributed by atoms with Crippen LogP contribution in [0.25, 0.3) is 0 Å². The molecule has 0 saturated carbocycles. The average Bonchev–Trinajstić information content (AvgIpc) is 2.24. The van der Waals surface area contributed by atoms with E-state index in [1.807, 2.05) is 26.8 Å². The fourth-order valence-electron chi connectivity index (χ4n) is 1.24. The predicted octanol–water partition coefficient (Wildman–Crippen LogP) is 1.60. The van der Waals surface area contributed by atoms with Crippen LogP contribution in [0, 0.1) is 0 Å². The first-order valence-corrected chi connectivity index (χ1v) is 5.80. The van der Waals surface area contributed by atoms with Crippen molar-refractivity contribution in [2.75, 3.05) is 24.1 Å². The molecule has 0 aromatic carbocycles. The van der Waals surface area contributed by atoms with Crippen LogP contribution in [0.4, 0.5) is 16.3 Å². The molecule has 6 nitrogen and oxygen atoms in total. The number of pyridine rings is 1. The Labute approximate surface area is 107 Å². The van der Waals surface area contributed by atoms with Crippen molar-refractivity contribution >= 4 is 17.6 Å². The second-order valence-corrected chi connectivity index (χ2v) is 4.79. The highest BCUT2D eigenvalue weighted by Gasteiger charge is 2.15. The monoisotopic (exact) mass is 252 g/mol. The first-order valence-electron chi connectivity index (χ1n) is 5.80. The predicted molar refractivity (Wildman–Crippen MR) is 71.4 cm³/mol. The zero-order valence-electron chi connectivity index (χ0n) is 11.0. The van der Waals surface area contributed by atoms with Crippen LogP contribution in [-0.2, 0) is 4.74 Å². The molecule has 0 unspecified atom stereocenters. The molecule has 0 aliphatic heterocycles. The minimum atomic E-state index is -0.481. The lowest BCUT2D eigenvalue weighted by molar-refractivity contribution is 0.0530. The van der Waals surface area contributed by atoms with Crippen LogP contribution in [0.15, 0.2) is 18.3 Å². The molecule has 4 N–H and O–H groups in total. The van der Waals surface area contributed by atoms with Gasteiger partial charge < -0.3 is 21.1 Å². The standard InChI is InChI=1S/C12H20N4O2/c1-12(2,3)18-11(17)16-8-7-14-9-5-4-6-15-10(9)13/h4-6,14H,7-8H2,1-3H3,(H2,13,15)(H,16,17). The molecule has 0 aliphatic rings. The van der Waals surface area contributed by atoms with E-state index in [1.54, 1.807) is 12.3 Å². The smallest absolute Gasteiger partial charge is 0.407 e. The summed E-state index contributed by atoms with van der Waals surface area (Å²) in [5, 5.41) is 5.72. The van der Waals surface area contributed by atoms with Gasteiger partial charge >= 0.3 is 6.09 Å². The number of aromatic nitrogens is 1. The number of carbonyl (C=O) groups excluding carboxylic acids is 1. The van der Waals surface area contributed by atoms with E-state index in [1.165, 1.54) is 0 Å². The summed E-state index contributed by atoms with van der Waals surface area (Å²) in [5.74, 6) is 0.440. The van der Waals surface area contributed by atoms with E-state index >= 15 is 0 Å². The number of hydrogen-bond donors (Lipinski definition) is 3. The number of nitrogen functional groups attached to an aromatic ring is 1. The minimum Gasteiger partial charge on any atom is -0.444 e. The average molecular weight is 252 g/mol. The van der Waals surface area contributed by atoms with Gasteiger partial charge in [-0.25, -0.2) is 9.78 Å². The normalized spacial score (nSPS) is 10.8. The Bertz CT molecular complexity index is 401. The topological polar surface area (TPSA) is 89.3 Å². The molecule has 1 rings (SSSR count). The Morgan fingerprint density at radius 3 is 2.78 bits per heavy atom. The number of amides is 1. The van der Waals surface area contributed by atoms with Gasteiger partial charge in [0.25, 0.3) is 0 Å².